The predicted octanol–water partition coefficient (Wildman–Crippen LogP) is 5.23. The van der Waals surface area contributed by atoms with E-state index in [9.17, 15) is 9.18 Å². The van der Waals surface area contributed by atoms with Crippen molar-refractivity contribution in [3.63, 3.8) is 0 Å². The van der Waals surface area contributed by atoms with Crippen LogP contribution in [0.1, 0.15) is 5.69 Å². The van der Waals surface area contributed by atoms with Crippen LogP contribution in [0, 0.1) is 5.82 Å². The van der Waals surface area contributed by atoms with Crippen molar-refractivity contribution in [1.29, 1.82) is 0 Å². The van der Waals surface area contributed by atoms with Crippen LogP contribution in [0.4, 0.5) is 4.39 Å². The second-order valence-corrected chi connectivity index (χ2v) is 8.50. The van der Waals surface area contributed by atoms with Gasteiger partial charge in [-0.25, -0.2) is 14.4 Å². The quantitative estimate of drug-likeness (QED) is 0.261. The summed E-state index contributed by atoms with van der Waals surface area (Å²) in [4.78, 5) is 22.5. The molecule has 0 radical (unpaired) electrons. The van der Waals surface area contributed by atoms with Gasteiger partial charge in [-0.2, -0.15) is 0 Å². The second-order valence-electron chi connectivity index (χ2n) is 6.64. The number of halogens is 2. The van der Waals surface area contributed by atoms with Gasteiger partial charge in [0, 0.05) is 22.6 Å². The zero-order chi connectivity index (χ0) is 20.7. The SMILES string of the molecule is O=c1c2ccccc2nc(SCc2cn3cc(Br)ccc3n2)n1-c1ccccc1F. The lowest BCUT2D eigenvalue weighted by Crippen LogP contribution is -2.22. The number of fused-ring (bicyclic) bond motifs is 2. The van der Waals surface area contributed by atoms with Gasteiger partial charge in [0.15, 0.2) is 5.16 Å². The summed E-state index contributed by atoms with van der Waals surface area (Å²) >= 11 is 4.80. The number of imidazole rings is 1. The van der Waals surface area contributed by atoms with Gasteiger partial charge in [-0.05, 0) is 52.3 Å². The number of thioether (sulfide) groups is 1. The molecular formula is C22H14BrFN4OS. The number of nitrogens with zero attached hydrogens (tertiary/aromatic N) is 4. The Labute approximate surface area is 183 Å². The topological polar surface area (TPSA) is 52.2 Å². The molecule has 0 bridgehead atoms. The standard InChI is InChI=1S/C22H14BrFN4OS/c23-14-9-10-20-25-15(12-27(20)11-14)13-30-22-26-18-7-3-1-5-16(18)21(29)28(22)19-8-4-2-6-17(19)24/h1-12H,13H2. The molecule has 0 saturated carbocycles. The summed E-state index contributed by atoms with van der Waals surface area (Å²) in [6.45, 7) is 0. The van der Waals surface area contributed by atoms with Crippen LogP contribution in [0.2, 0.25) is 0 Å². The average Bonchev–Trinajstić information content (AvgIpc) is 3.15. The smallest absolute Gasteiger partial charge is 0.266 e. The van der Waals surface area contributed by atoms with Gasteiger partial charge in [-0.3, -0.25) is 9.36 Å². The third-order valence-corrected chi connectivity index (χ3v) is 6.09. The van der Waals surface area contributed by atoms with Crippen LogP contribution in [0.3, 0.4) is 0 Å². The Balaban J connectivity index is 1.61. The number of hydrogen-bond donors (Lipinski definition) is 0. The first-order valence-electron chi connectivity index (χ1n) is 9.13. The molecule has 30 heavy (non-hydrogen) atoms. The minimum Gasteiger partial charge on any atom is -0.306 e. The van der Waals surface area contributed by atoms with E-state index in [4.69, 9.17) is 0 Å². The molecule has 0 spiro atoms. The molecule has 0 aliphatic rings. The van der Waals surface area contributed by atoms with Crippen LogP contribution in [0.5, 0.6) is 0 Å². The number of pyridine rings is 1. The lowest BCUT2D eigenvalue weighted by Gasteiger charge is -2.13. The van der Waals surface area contributed by atoms with Gasteiger partial charge in [0.05, 0.1) is 22.3 Å². The van der Waals surface area contributed by atoms with Gasteiger partial charge in [0.1, 0.15) is 11.5 Å². The van der Waals surface area contributed by atoms with E-state index in [1.807, 2.05) is 35.0 Å². The number of rotatable bonds is 4. The van der Waals surface area contributed by atoms with E-state index in [1.165, 1.54) is 22.4 Å². The maximum Gasteiger partial charge on any atom is 0.266 e. The van der Waals surface area contributed by atoms with Crippen molar-refractivity contribution in [2.24, 2.45) is 0 Å². The predicted molar refractivity (Wildman–Crippen MR) is 120 cm³/mol. The monoisotopic (exact) mass is 480 g/mol. The van der Waals surface area contributed by atoms with Crippen molar-refractivity contribution in [2.75, 3.05) is 0 Å². The molecule has 3 aromatic heterocycles. The highest BCUT2D eigenvalue weighted by molar-refractivity contribution is 9.10. The van der Waals surface area contributed by atoms with Crippen molar-refractivity contribution >= 4 is 44.2 Å². The Hall–Kier alpha value is -2.97. The molecule has 8 heteroatoms. The first kappa shape index (κ1) is 19.0. The Morgan fingerprint density at radius 1 is 0.967 bits per heavy atom. The van der Waals surface area contributed by atoms with E-state index in [2.05, 4.69) is 25.9 Å². The number of para-hydroxylation sites is 2. The minimum absolute atomic E-state index is 0.183. The molecule has 3 heterocycles. The summed E-state index contributed by atoms with van der Waals surface area (Å²) in [6, 6.07) is 17.2. The zero-order valence-electron chi connectivity index (χ0n) is 15.5. The van der Waals surface area contributed by atoms with E-state index in [0.29, 0.717) is 21.8 Å². The fraction of sp³-hybridized carbons (Fsp3) is 0.0455. The molecule has 0 amide bonds. The highest BCUT2D eigenvalue weighted by Gasteiger charge is 2.16. The molecule has 5 rings (SSSR count). The normalized spacial score (nSPS) is 11.4. The Bertz CT molecular complexity index is 1460. The van der Waals surface area contributed by atoms with Gasteiger partial charge < -0.3 is 4.40 Å². The zero-order valence-corrected chi connectivity index (χ0v) is 17.9. The first-order valence-corrected chi connectivity index (χ1v) is 10.9. The van der Waals surface area contributed by atoms with Gasteiger partial charge in [0.2, 0.25) is 0 Å². The molecule has 0 atom stereocenters. The average molecular weight is 481 g/mol. The van der Waals surface area contributed by atoms with Crippen LogP contribution in [0.15, 0.2) is 87.5 Å². The van der Waals surface area contributed by atoms with Gasteiger partial charge in [-0.15, -0.1) is 0 Å². The molecule has 0 N–H and O–H groups in total. The number of aromatic nitrogens is 4. The summed E-state index contributed by atoms with van der Waals surface area (Å²) < 4.78 is 18.8. The summed E-state index contributed by atoms with van der Waals surface area (Å²) in [5, 5.41) is 0.865. The molecular weight excluding hydrogens is 467 g/mol. The van der Waals surface area contributed by atoms with E-state index in [0.717, 1.165) is 15.8 Å². The largest absolute Gasteiger partial charge is 0.306 e. The molecule has 0 aliphatic heterocycles. The Morgan fingerprint density at radius 2 is 1.77 bits per heavy atom. The third kappa shape index (κ3) is 3.42. The van der Waals surface area contributed by atoms with E-state index >= 15 is 0 Å². The van der Waals surface area contributed by atoms with Crippen molar-refractivity contribution < 1.29 is 4.39 Å². The maximum absolute atomic E-state index is 14.6. The van der Waals surface area contributed by atoms with Crippen LogP contribution >= 0.6 is 27.7 Å². The molecule has 0 fully saturated rings. The van der Waals surface area contributed by atoms with Gasteiger partial charge in [-0.1, -0.05) is 36.0 Å². The molecule has 5 nitrogen and oxygen atoms in total. The third-order valence-electron chi connectivity index (χ3n) is 4.65. The lowest BCUT2D eigenvalue weighted by molar-refractivity contribution is 0.608. The Morgan fingerprint density at radius 3 is 2.63 bits per heavy atom. The molecule has 0 unspecified atom stereocenters. The maximum atomic E-state index is 14.6. The number of benzene rings is 2. The molecule has 0 saturated heterocycles. The van der Waals surface area contributed by atoms with Crippen molar-refractivity contribution in [3.05, 3.63) is 99.4 Å². The summed E-state index contributed by atoms with van der Waals surface area (Å²) in [6.07, 6.45) is 3.86. The minimum atomic E-state index is -0.476. The van der Waals surface area contributed by atoms with Crippen molar-refractivity contribution in [3.8, 4) is 5.69 Å². The number of hydrogen-bond acceptors (Lipinski definition) is 4. The molecule has 2 aromatic carbocycles. The first-order chi connectivity index (χ1) is 14.6. The fourth-order valence-electron chi connectivity index (χ4n) is 3.28. The Kier molecular flexibility index (Phi) is 4.88. The van der Waals surface area contributed by atoms with Crippen molar-refractivity contribution in [2.45, 2.75) is 10.9 Å². The highest BCUT2D eigenvalue weighted by Crippen LogP contribution is 2.26. The van der Waals surface area contributed by atoms with E-state index < -0.39 is 5.82 Å². The molecule has 5 aromatic rings. The van der Waals surface area contributed by atoms with Crippen molar-refractivity contribution in [1.82, 2.24) is 18.9 Å². The highest BCUT2D eigenvalue weighted by atomic mass is 79.9. The lowest BCUT2D eigenvalue weighted by atomic mass is 10.2. The second kappa shape index (κ2) is 7.70. The van der Waals surface area contributed by atoms with Crippen LogP contribution in [-0.2, 0) is 5.75 Å². The van der Waals surface area contributed by atoms with Crippen LogP contribution in [0.25, 0.3) is 22.2 Å². The van der Waals surface area contributed by atoms with E-state index in [-0.39, 0.29) is 11.2 Å². The fourth-order valence-corrected chi connectivity index (χ4v) is 4.52. The molecule has 148 valence electrons. The summed E-state index contributed by atoms with van der Waals surface area (Å²) in [5.41, 5.74) is 2.12. The summed E-state index contributed by atoms with van der Waals surface area (Å²) in [5.74, 6) is 0.00883. The molecule has 0 aliphatic carbocycles. The van der Waals surface area contributed by atoms with Crippen LogP contribution in [-0.4, -0.2) is 18.9 Å². The summed E-state index contributed by atoms with van der Waals surface area (Å²) in [7, 11) is 0. The van der Waals surface area contributed by atoms with E-state index in [1.54, 1.807) is 36.4 Å². The van der Waals surface area contributed by atoms with Gasteiger partial charge >= 0.3 is 0 Å². The van der Waals surface area contributed by atoms with Gasteiger partial charge in [0.25, 0.3) is 5.56 Å². The van der Waals surface area contributed by atoms with Crippen LogP contribution < -0.4 is 5.56 Å².